The molecule has 0 radical (unpaired) electrons. The summed E-state index contributed by atoms with van der Waals surface area (Å²) in [5.74, 6) is 2.38. The summed E-state index contributed by atoms with van der Waals surface area (Å²) in [6, 6.07) is 11.7. The highest BCUT2D eigenvalue weighted by atomic mass is 16.5. The van der Waals surface area contributed by atoms with Gasteiger partial charge in [-0.3, -0.25) is 4.98 Å². The molecule has 0 atom stereocenters. The van der Waals surface area contributed by atoms with Crippen LogP contribution in [0.2, 0.25) is 0 Å². The van der Waals surface area contributed by atoms with Gasteiger partial charge in [0.1, 0.15) is 17.3 Å². The number of nitrogens with zero attached hydrogens (tertiary/aromatic N) is 3. The fourth-order valence-electron chi connectivity index (χ4n) is 2.50. The number of rotatable bonds is 6. The number of aromatic nitrogens is 3. The Hall–Kier alpha value is -2.82. The van der Waals surface area contributed by atoms with Crippen molar-refractivity contribution in [2.75, 3.05) is 14.2 Å². The van der Waals surface area contributed by atoms with Crippen LogP contribution in [0.15, 0.2) is 55.0 Å². The monoisotopic (exact) mass is 309 g/mol. The molecule has 0 aliphatic rings. The topological polar surface area (TPSA) is 49.2 Å². The summed E-state index contributed by atoms with van der Waals surface area (Å²) in [4.78, 5) is 8.85. The van der Waals surface area contributed by atoms with E-state index in [-0.39, 0.29) is 0 Å². The van der Waals surface area contributed by atoms with Gasteiger partial charge in [0.15, 0.2) is 0 Å². The molecule has 0 aliphatic carbocycles. The Morgan fingerprint density at radius 1 is 1.00 bits per heavy atom. The molecular formula is C18H19N3O2. The molecule has 5 nitrogen and oxygen atoms in total. The summed E-state index contributed by atoms with van der Waals surface area (Å²) < 4.78 is 12.8. The minimum absolute atomic E-state index is 0.745. The Morgan fingerprint density at radius 2 is 1.91 bits per heavy atom. The number of pyridine rings is 1. The van der Waals surface area contributed by atoms with Gasteiger partial charge in [0.2, 0.25) is 0 Å². The lowest BCUT2D eigenvalue weighted by molar-refractivity contribution is 0.395. The second kappa shape index (κ2) is 6.96. The van der Waals surface area contributed by atoms with E-state index in [2.05, 4.69) is 14.5 Å². The first-order valence-corrected chi connectivity index (χ1v) is 7.45. The van der Waals surface area contributed by atoms with Crippen LogP contribution in [0, 0.1) is 0 Å². The first kappa shape index (κ1) is 15.1. The maximum Gasteiger partial charge on any atom is 0.143 e. The predicted octanol–water partition coefficient (Wildman–Crippen LogP) is 3.21. The van der Waals surface area contributed by atoms with E-state index in [0.29, 0.717) is 0 Å². The highest BCUT2D eigenvalue weighted by Crippen LogP contribution is 2.32. The lowest BCUT2D eigenvalue weighted by Crippen LogP contribution is -2.04. The summed E-state index contributed by atoms with van der Waals surface area (Å²) in [7, 11) is 3.29. The third kappa shape index (κ3) is 3.34. The van der Waals surface area contributed by atoms with Crippen molar-refractivity contribution in [2.24, 2.45) is 0 Å². The molecule has 0 amide bonds. The number of hydrogen-bond donors (Lipinski definition) is 0. The van der Waals surface area contributed by atoms with Gasteiger partial charge in [-0.25, -0.2) is 4.98 Å². The summed E-state index contributed by atoms with van der Waals surface area (Å²) in [5.41, 5.74) is 2.01. The van der Waals surface area contributed by atoms with E-state index >= 15 is 0 Å². The summed E-state index contributed by atoms with van der Waals surface area (Å²) in [5, 5.41) is 0. The van der Waals surface area contributed by atoms with Crippen molar-refractivity contribution in [2.45, 2.75) is 13.0 Å². The zero-order valence-corrected chi connectivity index (χ0v) is 13.3. The van der Waals surface area contributed by atoms with E-state index in [1.54, 1.807) is 20.4 Å². The van der Waals surface area contributed by atoms with E-state index in [4.69, 9.17) is 9.47 Å². The highest BCUT2D eigenvalue weighted by Gasteiger charge is 2.13. The van der Waals surface area contributed by atoms with E-state index in [9.17, 15) is 0 Å². The van der Waals surface area contributed by atoms with E-state index in [0.717, 1.165) is 41.5 Å². The van der Waals surface area contributed by atoms with Crippen molar-refractivity contribution >= 4 is 0 Å². The second-order valence-corrected chi connectivity index (χ2v) is 5.08. The molecule has 1 aromatic carbocycles. The van der Waals surface area contributed by atoms with Gasteiger partial charge < -0.3 is 14.0 Å². The highest BCUT2D eigenvalue weighted by molar-refractivity contribution is 5.66. The fraction of sp³-hybridized carbons (Fsp3) is 0.222. The molecule has 3 rings (SSSR count). The van der Waals surface area contributed by atoms with Crippen LogP contribution in [-0.4, -0.2) is 28.8 Å². The van der Waals surface area contributed by atoms with Crippen LogP contribution in [0.3, 0.4) is 0 Å². The minimum atomic E-state index is 0.745. The molecule has 5 heteroatoms. The molecule has 3 aromatic rings. The van der Waals surface area contributed by atoms with Crippen LogP contribution in [0.25, 0.3) is 11.4 Å². The molecule has 0 unspecified atom stereocenters. The van der Waals surface area contributed by atoms with Crippen LogP contribution in [0.5, 0.6) is 11.5 Å². The molecule has 118 valence electrons. The van der Waals surface area contributed by atoms with Crippen LogP contribution in [0.1, 0.15) is 5.69 Å². The number of imidazole rings is 1. The number of methoxy groups -OCH3 is 2. The van der Waals surface area contributed by atoms with Crippen molar-refractivity contribution in [1.29, 1.82) is 0 Å². The molecule has 0 saturated heterocycles. The van der Waals surface area contributed by atoms with Crippen LogP contribution >= 0.6 is 0 Å². The zero-order valence-electron chi connectivity index (χ0n) is 13.3. The van der Waals surface area contributed by atoms with Gasteiger partial charge in [-0.05, 0) is 24.3 Å². The molecule has 2 aromatic heterocycles. The predicted molar refractivity (Wildman–Crippen MR) is 88.7 cm³/mol. The number of ether oxygens (including phenoxy) is 2. The standard InChI is InChI=1S/C18H19N3O2/c1-22-15-6-7-16(17(13-15)23-2)18-20-10-12-21(18)11-8-14-5-3-4-9-19-14/h3-7,9-10,12-13H,8,11H2,1-2H3. The third-order valence-corrected chi connectivity index (χ3v) is 3.70. The fourth-order valence-corrected chi connectivity index (χ4v) is 2.50. The molecule has 0 spiro atoms. The van der Waals surface area contributed by atoms with Gasteiger partial charge in [-0.2, -0.15) is 0 Å². The maximum absolute atomic E-state index is 5.48. The maximum atomic E-state index is 5.48. The molecule has 23 heavy (non-hydrogen) atoms. The number of hydrogen-bond acceptors (Lipinski definition) is 4. The number of aryl methyl sites for hydroxylation is 2. The van der Waals surface area contributed by atoms with E-state index < -0.39 is 0 Å². The van der Waals surface area contributed by atoms with Gasteiger partial charge in [0, 0.05) is 43.3 Å². The van der Waals surface area contributed by atoms with Crippen LogP contribution in [-0.2, 0) is 13.0 Å². The Morgan fingerprint density at radius 3 is 2.65 bits per heavy atom. The average Bonchev–Trinajstić information content (AvgIpc) is 3.08. The van der Waals surface area contributed by atoms with E-state index in [1.165, 1.54) is 0 Å². The molecule has 0 aliphatic heterocycles. The van der Waals surface area contributed by atoms with Crippen molar-refractivity contribution in [3.05, 3.63) is 60.7 Å². The summed E-state index contributed by atoms with van der Waals surface area (Å²) >= 11 is 0. The van der Waals surface area contributed by atoms with Gasteiger partial charge in [0.05, 0.1) is 19.8 Å². The second-order valence-electron chi connectivity index (χ2n) is 5.08. The third-order valence-electron chi connectivity index (χ3n) is 3.70. The minimum Gasteiger partial charge on any atom is -0.497 e. The van der Waals surface area contributed by atoms with Crippen LogP contribution in [0.4, 0.5) is 0 Å². The number of benzene rings is 1. The average molecular weight is 309 g/mol. The molecule has 0 bridgehead atoms. The van der Waals surface area contributed by atoms with Crippen molar-refractivity contribution in [3.63, 3.8) is 0 Å². The first-order valence-electron chi connectivity index (χ1n) is 7.45. The van der Waals surface area contributed by atoms with Gasteiger partial charge >= 0.3 is 0 Å². The smallest absolute Gasteiger partial charge is 0.143 e. The Labute approximate surface area is 135 Å². The van der Waals surface area contributed by atoms with Gasteiger partial charge in [-0.15, -0.1) is 0 Å². The van der Waals surface area contributed by atoms with Gasteiger partial charge in [-0.1, -0.05) is 6.07 Å². The molecular weight excluding hydrogens is 290 g/mol. The normalized spacial score (nSPS) is 10.5. The summed E-state index contributed by atoms with van der Waals surface area (Å²) in [6.45, 7) is 0.807. The van der Waals surface area contributed by atoms with Crippen LogP contribution < -0.4 is 9.47 Å². The van der Waals surface area contributed by atoms with Crippen molar-refractivity contribution in [1.82, 2.24) is 14.5 Å². The molecule has 0 N–H and O–H groups in total. The van der Waals surface area contributed by atoms with Gasteiger partial charge in [0.25, 0.3) is 0 Å². The first-order chi connectivity index (χ1) is 11.3. The lowest BCUT2D eigenvalue weighted by atomic mass is 10.1. The summed E-state index contributed by atoms with van der Waals surface area (Å²) in [6.07, 6.45) is 6.44. The van der Waals surface area contributed by atoms with Crippen molar-refractivity contribution < 1.29 is 9.47 Å². The Bertz CT molecular complexity index is 769. The quantitative estimate of drug-likeness (QED) is 0.701. The Balaban J connectivity index is 1.86. The Kier molecular flexibility index (Phi) is 4.57. The molecule has 2 heterocycles. The SMILES string of the molecule is COc1ccc(-c2nccn2CCc2ccccn2)c(OC)c1. The largest absolute Gasteiger partial charge is 0.497 e. The molecule has 0 saturated carbocycles. The van der Waals surface area contributed by atoms with Crippen molar-refractivity contribution in [3.8, 4) is 22.9 Å². The zero-order chi connectivity index (χ0) is 16.1. The lowest BCUT2D eigenvalue weighted by Gasteiger charge is -2.12. The molecule has 0 fully saturated rings. The van der Waals surface area contributed by atoms with E-state index in [1.807, 2.05) is 48.8 Å².